The maximum Gasteiger partial charge on any atom is 0.290 e. The lowest BCUT2D eigenvalue weighted by atomic mass is 9.95. The fourth-order valence-corrected chi connectivity index (χ4v) is 4.43. The van der Waals surface area contributed by atoms with Gasteiger partial charge in [-0.25, -0.2) is 9.97 Å². The van der Waals surface area contributed by atoms with Gasteiger partial charge in [-0.1, -0.05) is 0 Å². The van der Waals surface area contributed by atoms with Crippen molar-refractivity contribution in [1.29, 1.82) is 0 Å². The molecule has 3 saturated heterocycles. The Morgan fingerprint density at radius 2 is 1.90 bits per heavy atom. The molecule has 0 aliphatic carbocycles. The second-order valence-corrected chi connectivity index (χ2v) is 8.54. The van der Waals surface area contributed by atoms with Crippen LogP contribution in [0.2, 0.25) is 0 Å². The molecule has 3 aliphatic heterocycles. The van der Waals surface area contributed by atoms with Crippen LogP contribution in [0.5, 0.6) is 0 Å². The van der Waals surface area contributed by atoms with Gasteiger partial charge in [0.2, 0.25) is 11.9 Å². The number of amides is 3. The van der Waals surface area contributed by atoms with Crippen molar-refractivity contribution < 1.29 is 14.4 Å². The quantitative estimate of drug-likeness (QED) is 0.722. The van der Waals surface area contributed by atoms with Crippen LogP contribution in [0.3, 0.4) is 0 Å². The van der Waals surface area contributed by atoms with E-state index in [0.717, 1.165) is 63.9 Å². The highest BCUT2D eigenvalue weighted by atomic mass is 32.2. The fourth-order valence-electron chi connectivity index (χ4n) is 3.76. The first-order valence-corrected chi connectivity index (χ1v) is 10.6. The van der Waals surface area contributed by atoms with E-state index in [0.29, 0.717) is 16.5 Å². The number of nitrogens with zero attached hydrogens (tertiary/aromatic N) is 5. The molecule has 0 radical (unpaired) electrons. The summed E-state index contributed by atoms with van der Waals surface area (Å²) in [6.45, 7) is 4.92. The van der Waals surface area contributed by atoms with Crippen LogP contribution in [-0.4, -0.2) is 83.1 Å². The topological polar surface area (TPSA) is 98.7 Å². The Hall–Kier alpha value is -2.46. The summed E-state index contributed by atoms with van der Waals surface area (Å²) < 4.78 is 0. The van der Waals surface area contributed by atoms with Crippen molar-refractivity contribution in [3.05, 3.63) is 22.9 Å². The van der Waals surface area contributed by atoms with E-state index < -0.39 is 5.91 Å². The minimum absolute atomic E-state index is 0.0598. The van der Waals surface area contributed by atoms with E-state index in [1.165, 1.54) is 0 Å². The third kappa shape index (κ3) is 4.59. The van der Waals surface area contributed by atoms with Crippen molar-refractivity contribution in [3.8, 4) is 0 Å². The van der Waals surface area contributed by atoms with Gasteiger partial charge in [0.25, 0.3) is 11.1 Å². The largest absolute Gasteiger partial charge is 0.341 e. The smallest absolute Gasteiger partial charge is 0.290 e. The van der Waals surface area contributed by atoms with Crippen LogP contribution < -0.4 is 10.2 Å². The number of hydrogen-bond donors (Lipinski definition) is 1. The first kappa shape index (κ1) is 19.8. The minimum Gasteiger partial charge on any atom is -0.341 e. The summed E-state index contributed by atoms with van der Waals surface area (Å²) in [7, 11) is 2.08. The van der Waals surface area contributed by atoms with Gasteiger partial charge in [0.15, 0.2) is 0 Å². The summed E-state index contributed by atoms with van der Waals surface area (Å²) in [5, 5.41) is 1.86. The van der Waals surface area contributed by atoms with Gasteiger partial charge in [-0.15, -0.1) is 0 Å². The molecule has 0 unspecified atom stereocenters. The summed E-state index contributed by atoms with van der Waals surface area (Å²) in [5.74, 6) is 0.513. The molecule has 9 nitrogen and oxygen atoms in total. The van der Waals surface area contributed by atoms with Crippen molar-refractivity contribution >= 4 is 40.8 Å². The standard InChI is InChI=1S/C19H24N6O3S/c1-23-8-10-24(11-9-23)17(27)13-3-6-25(7-4-13)18-20-5-2-14(21-18)12-15-16(26)22-19(28)29-15/h2,5,12-13H,3-4,6-11H2,1H3,(H,22,26,28)/b15-12-. The van der Waals surface area contributed by atoms with Crippen LogP contribution in [0.1, 0.15) is 18.5 Å². The molecule has 3 fully saturated rings. The second kappa shape index (κ2) is 8.50. The SMILES string of the molecule is CN1CCN(C(=O)C2CCN(c3nccc(/C=C4\SC(=O)NC4=O)n3)CC2)CC1. The van der Waals surface area contributed by atoms with Gasteiger partial charge >= 0.3 is 0 Å². The maximum absolute atomic E-state index is 12.8. The number of imide groups is 1. The van der Waals surface area contributed by atoms with Crippen molar-refractivity contribution in [2.75, 3.05) is 51.2 Å². The van der Waals surface area contributed by atoms with Crippen LogP contribution in [0.4, 0.5) is 10.7 Å². The number of rotatable bonds is 3. The van der Waals surface area contributed by atoms with E-state index in [2.05, 4.69) is 32.1 Å². The Bertz CT molecular complexity index is 844. The summed E-state index contributed by atoms with van der Waals surface area (Å²) >= 11 is 0.869. The van der Waals surface area contributed by atoms with E-state index in [1.807, 2.05) is 4.90 Å². The predicted molar refractivity (Wildman–Crippen MR) is 110 cm³/mol. The summed E-state index contributed by atoms with van der Waals surface area (Å²) in [5.41, 5.74) is 0.581. The number of aromatic nitrogens is 2. The number of piperidine rings is 1. The zero-order chi connectivity index (χ0) is 20.4. The Morgan fingerprint density at radius 3 is 2.55 bits per heavy atom. The van der Waals surface area contributed by atoms with E-state index in [9.17, 15) is 14.4 Å². The third-order valence-corrected chi connectivity index (χ3v) is 6.34. The molecule has 1 aromatic rings. The number of thioether (sulfide) groups is 1. The van der Waals surface area contributed by atoms with Crippen molar-refractivity contribution in [3.63, 3.8) is 0 Å². The zero-order valence-corrected chi connectivity index (χ0v) is 17.2. The van der Waals surface area contributed by atoms with Crippen molar-refractivity contribution in [1.82, 2.24) is 25.1 Å². The number of likely N-dealkylation sites (N-methyl/N-ethyl adjacent to an activating group) is 1. The molecule has 29 heavy (non-hydrogen) atoms. The monoisotopic (exact) mass is 416 g/mol. The van der Waals surface area contributed by atoms with E-state index in [-0.39, 0.29) is 17.1 Å². The molecule has 0 spiro atoms. The molecule has 4 rings (SSSR count). The number of nitrogens with one attached hydrogen (secondary N) is 1. The number of carbonyl (C=O) groups is 3. The normalized spacial score (nSPS) is 23.0. The Labute approximate surface area is 173 Å². The second-order valence-electron chi connectivity index (χ2n) is 7.52. The van der Waals surface area contributed by atoms with Gasteiger partial charge in [0, 0.05) is 51.4 Å². The average Bonchev–Trinajstić information content (AvgIpc) is 3.05. The van der Waals surface area contributed by atoms with Gasteiger partial charge in [-0.2, -0.15) is 0 Å². The molecule has 154 valence electrons. The molecule has 0 bridgehead atoms. The number of carbonyl (C=O) groups excluding carboxylic acids is 3. The van der Waals surface area contributed by atoms with Crippen molar-refractivity contribution in [2.45, 2.75) is 12.8 Å². The van der Waals surface area contributed by atoms with Gasteiger partial charge in [0.1, 0.15) is 0 Å². The summed E-state index contributed by atoms with van der Waals surface area (Å²) in [4.78, 5) is 51.3. The Morgan fingerprint density at radius 1 is 1.17 bits per heavy atom. The Kier molecular flexibility index (Phi) is 5.81. The molecule has 10 heteroatoms. The third-order valence-electron chi connectivity index (χ3n) is 5.53. The molecule has 0 aromatic carbocycles. The molecule has 1 N–H and O–H groups in total. The van der Waals surface area contributed by atoms with E-state index in [1.54, 1.807) is 18.3 Å². The highest BCUT2D eigenvalue weighted by Crippen LogP contribution is 2.26. The Balaban J connectivity index is 1.36. The molecular formula is C19H24N6O3S. The van der Waals surface area contributed by atoms with Crippen LogP contribution in [-0.2, 0) is 9.59 Å². The minimum atomic E-state index is -0.400. The van der Waals surface area contributed by atoms with Gasteiger partial charge in [0.05, 0.1) is 10.6 Å². The number of hydrogen-bond acceptors (Lipinski definition) is 8. The summed E-state index contributed by atoms with van der Waals surface area (Å²) in [6.07, 6.45) is 4.81. The fraction of sp³-hybridized carbons (Fsp3) is 0.526. The number of piperazine rings is 1. The van der Waals surface area contributed by atoms with Gasteiger partial charge in [-0.3, -0.25) is 19.7 Å². The average molecular weight is 417 g/mol. The molecule has 0 atom stereocenters. The first-order chi connectivity index (χ1) is 14.0. The molecule has 3 aliphatic rings. The van der Waals surface area contributed by atoms with Crippen LogP contribution in [0, 0.1) is 5.92 Å². The molecule has 3 amide bonds. The van der Waals surface area contributed by atoms with Gasteiger partial charge in [-0.05, 0) is 43.8 Å². The van der Waals surface area contributed by atoms with E-state index >= 15 is 0 Å². The lowest BCUT2D eigenvalue weighted by Gasteiger charge is -2.37. The highest BCUT2D eigenvalue weighted by molar-refractivity contribution is 8.18. The first-order valence-electron chi connectivity index (χ1n) is 9.80. The van der Waals surface area contributed by atoms with Crippen LogP contribution >= 0.6 is 11.8 Å². The molecular weight excluding hydrogens is 392 g/mol. The summed E-state index contributed by atoms with van der Waals surface area (Å²) in [6, 6.07) is 1.71. The number of anilines is 1. The highest BCUT2D eigenvalue weighted by Gasteiger charge is 2.31. The van der Waals surface area contributed by atoms with Crippen molar-refractivity contribution in [2.24, 2.45) is 5.92 Å². The van der Waals surface area contributed by atoms with Crippen LogP contribution in [0.25, 0.3) is 6.08 Å². The predicted octanol–water partition coefficient (Wildman–Crippen LogP) is 0.791. The van der Waals surface area contributed by atoms with E-state index in [4.69, 9.17) is 0 Å². The molecule has 4 heterocycles. The maximum atomic E-state index is 12.8. The lowest BCUT2D eigenvalue weighted by Crippen LogP contribution is -2.50. The van der Waals surface area contributed by atoms with Crippen LogP contribution in [0.15, 0.2) is 17.2 Å². The molecule has 1 aromatic heterocycles. The molecule has 0 saturated carbocycles. The zero-order valence-electron chi connectivity index (χ0n) is 16.3. The van der Waals surface area contributed by atoms with Gasteiger partial charge < -0.3 is 14.7 Å². The lowest BCUT2D eigenvalue weighted by molar-refractivity contribution is -0.137.